The number of hydrazine groups is 1. The first-order valence-corrected chi connectivity index (χ1v) is 11.2. The van der Waals surface area contributed by atoms with Crippen molar-refractivity contribution in [1.82, 2.24) is 20.7 Å². The molecule has 0 aliphatic carbocycles. The Bertz CT molecular complexity index is 1330. The third-order valence-corrected chi connectivity index (χ3v) is 5.70. The second-order valence-electron chi connectivity index (χ2n) is 8.08. The number of carbonyl (C=O) groups excluding carboxylic acids is 3. The maximum Gasteiger partial charge on any atom is 0.271 e. The van der Waals surface area contributed by atoms with Gasteiger partial charge < -0.3 is 9.88 Å². The molecule has 0 fully saturated rings. The maximum atomic E-state index is 13.1. The van der Waals surface area contributed by atoms with Crippen LogP contribution in [0.3, 0.4) is 0 Å². The number of amides is 3. The zero-order valence-electron chi connectivity index (χ0n) is 19.5. The summed E-state index contributed by atoms with van der Waals surface area (Å²) in [7, 11) is 0. The molecular formula is C28H26N4O3. The highest BCUT2D eigenvalue weighted by atomic mass is 16.2. The number of hydrogen-bond donors (Lipinski definition) is 3. The molecule has 3 N–H and O–H groups in total. The minimum Gasteiger partial charge on any atom is -0.336 e. The van der Waals surface area contributed by atoms with E-state index in [1.807, 2.05) is 60.9 Å². The number of carbonyl (C=O) groups is 3. The van der Waals surface area contributed by atoms with Crippen LogP contribution in [-0.4, -0.2) is 22.3 Å². The summed E-state index contributed by atoms with van der Waals surface area (Å²) in [5, 5.41) is 2.75. The Labute approximate surface area is 203 Å². The molecule has 0 bridgehead atoms. The molecule has 0 saturated carbocycles. The second kappa shape index (κ2) is 10.5. The fourth-order valence-electron chi connectivity index (χ4n) is 3.97. The van der Waals surface area contributed by atoms with Gasteiger partial charge in [0.1, 0.15) is 6.04 Å². The third-order valence-electron chi connectivity index (χ3n) is 5.70. The Hall–Kier alpha value is -4.65. The first-order valence-electron chi connectivity index (χ1n) is 11.2. The summed E-state index contributed by atoms with van der Waals surface area (Å²) in [5.74, 6) is -1.41. The largest absolute Gasteiger partial charge is 0.336 e. The van der Waals surface area contributed by atoms with E-state index in [4.69, 9.17) is 0 Å². The number of nitrogens with zero attached hydrogens (tertiary/aromatic N) is 1. The Morgan fingerprint density at radius 1 is 0.714 bits per heavy atom. The highest BCUT2D eigenvalue weighted by Crippen LogP contribution is 2.20. The monoisotopic (exact) mass is 466 g/mol. The first-order chi connectivity index (χ1) is 17.0. The van der Waals surface area contributed by atoms with E-state index < -0.39 is 23.8 Å². The van der Waals surface area contributed by atoms with E-state index in [1.54, 1.807) is 54.6 Å². The molecule has 4 aromatic rings. The smallest absolute Gasteiger partial charge is 0.271 e. The van der Waals surface area contributed by atoms with Gasteiger partial charge in [-0.3, -0.25) is 25.2 Å². The molecule has 0 spiro atoms. The van der Waals surface area contributed by atoms with Crippen LogP contribution >= 0.6 is 0 Å². The van der Waals surface area contributed by atoms with Crippen molar-refractivity contribution in [3.05, 3.63) is 125 Å². The van der Waals surface area contributed by atoms with E-state index >= 15 is 0 Å². The first kappa shape index (κ1) is 23.5. The zero-order valence-corrected chi connectivity index (χ0v) is 19.5. The van der Waals surface area contributed by atoms with Gasteiger partial charge >= 0.3 is 0 Å². The highest BCUT2D eigenvalue weighted by molar-refractivity contribution is 6.00. The van der Waals surface area contributed by atoms with Gasteiger partial charge in [0.05, 0.1) is 5.56 Å². The summed E-state index contributed by atoms with van der Waals surface area (Å²) in [6.07, 6.45) is 0. The molecule has 0 radical (unpaired) electrons. The molecule has 35 heavy (non-hydrogen) atoms. The summed E-state index contributed by atoms with van der Waals surface area (Å²) in [6, 6.07) is 28.0. The molecule has 0 saturated heterocycles. The summed E-state index contributed by atoms with van der Waals surface area (Å²) >= 11 is 0. The van der Waals surface area contributed by atoms with Crippen molar-refractivity contribution in [2.75, 3.05) is 0 Å². The van der Waals surface area contributed by atoms with Crippen molar-refractivity contribution >= 4 is 17.7 Å². The van der Waals surface area contributed by atoms with Gasteiger partial charge in [-0.15, -0.1) is 0 Å². The summed E-state index contributed by atoms with van der Waals surface area (Å²) in [6.45, 7) is 3.77. The standard InChI is InChI=1S/C28H26N4O3/c1-19-18-24(20(2)32(19)23-16-10-5-11-17-23)27(34)30-31-28(35)25(21-12-6-3-7-13-21)29-26(33)22-14-8-4-9-15-22/h3-18,25H,1-2H3,(H,29,33)(H,30,34)(H,31,35). The molecule has 3 amide bonds. The summed E-state index contributed by atoms with van der Waals surface area (Å²) in [4.78, 5) is 38.8. The molecular weight excluding hydrogens is 440 g/mol. The van der Waals surface area contributed by atoms with Crippen LogP contribution in [0.2, 0.25) is 0 Å². The molecule has 176 valence electrons. The lowest BCUT2D eigenvalue weighted by Crippen LogP contribution is -2.48. The molecule has 1 heterocycles. The lowest BCUT2D eigenvalue weighted by molar-refractivity contribution is -0.123. The van der Waals surface area contributed by atoms with Crippen molar-refractivity contribution in [3.63, 3.8) is 0 Å². The Kier molecular flexibility index (Phi) is 7.07. The lowest BCUT2D eigenvalue weighted by atomic mass is 10.1. The molecule has 0 aliphatic heterocycles. The molecule has 1 atom stereocenters. The molecule has 0 aliphatic rings. The quantitative estimate of drug-likeness (QED) is 0.375. The number of aryl methyl sites for hydroxylation is 1. The van der Waals surface area contributed by atoms with Crippen LogP contribution in [0.4, 0.5) is 0 Å². The van der Waals surface area contributed by atoms with Crippen LogP contribution in [-0.2, 0) is 4.79 Å². The van der Waals surface area contributed by atoms with Crippen molar-refractivity contribution < 1.29 is 14.4 Å². The van der Waals surface area contributed by atoms with Crippen molar-refractivity contribution in [2.45, 2.75) is 19.9 Å². The molecule has 1 unspecified atom stereocenters. The number of hydrogen-bond acceptors (Lipinski definition) is 3. The van der Waals surface area contributed by atoms with E-state index in [0.29, 0.717) is 16.7 Å². The average molecular weight is 467 g/mol. The van der Waals surface area contributed by atoms with Crippen LogP contribution < -0.4 is 16.2 Å². The molecule has 1 aromatic heterocycles. The fourth-order valence-corrected chi connectivity index (χ4v) is 3.97. The second-order valence-corrected chi connectivity index (χ2v) is 8.08. The molecule has 3 aromatic carbocycles. The van der Waals surface area contributed by atoms with Gasteiger partial charge in [0, 0.05) is 22.6 Å². The fraction of sp³-hybridized carbons (Fsp3) is 0.107. The van der Waals surface area contributed by atoms with Gasteiger partial charge in [-0.2, -0.15) is 0 Å². The van der Waals surface area contributed by atoms with E-state index in [0.717, 1.165) is 17.1 Å². The van der Waals surface area contributed by atoms with E-state index in [-0.39, 0.29) is 0 Å². The molecule has 4 rings (SSSR count). The van der Waals surface area contributed by atoms with Crippen molar-refractivity contribution in [2.24, 2.45) is 0 Å². The van der Waals surface area contributed by atoms with Gasteiger partial charge in [-0.05, 0) is 49.7 Å². The van der Waals surface area contributed by atoms with Crippen LogP contribution in [0.15, 0.2) is 97.1 Å². The van der Waals surface area contributed by atoms with E-state index in [1.165, 1.54) is 0 Å². The van der Waals surface area contributed by atoms with Gasteiger partial charge in [-0.1, -0.05) is 66.7 Å². The predicted molar refractivity (Wildman–Crippen MR) is 134 cm³/mol. The SMILES string of the molecule is Cc1cc(C(=O)NNC(=O)C(NC(=O)c2ccccc2)c2ccccc2)c(C)n1-c1ccccc1. The van der Waals surface area contributed by atoms with Gasteiger partial charge in [-0.25, -0.2) is 0 Å². The van der Waals surface area contributed by atoms with Gasteiger partial charge in [0.2, 0.25) is 0 Å². The molecule has 7 nitrogen and oxygen atoms in total. The highest BCUT2D eigenvalue weighted by Gasteiger charge is 2.24. The van der Waals surface area contributed by atoms with E-state index in [9.17, 15) is 14.4 Å². The number of nitrogens with one attached hydrogen (secondary N) is 3. The normalized spacial score (nSPS) is 11.4. The third kappa shape index (κ3) is 5.30. The predicted octanol–water partition coefficient (Wildman–Crippen LogP) is 4.03. The Morgan fingerprint density at radius 2 is 1.29 bits per heavy atom. The van der Waals surface area contributed by atoms with Crippen molar-refractivity contribution in [1.29, 1.82) is 0 Å². The van der Waals surface area contributed by atoms with Crippen LogP contribution in [0.1, 0.15) is 43.7 Å². The minimum atomic E-state index is -0.999. The van der Waals surface area contributed by atoms with Crippen molar-refractivity contribution in [3.8, 4) is 5.69 Å². The van der Waals surface area contributed by atoms with Crippen LogP contribution in [0, 0.1) is 13.8 Å². The summed E-state index contributed by atoms with van der Waals surface area (Å²) in [5.41, 5.74) is 9.00. The zero-order chi connectivity index (χ0) is 24.8. The maximum absolute atomic E-state index is 13.1. The number of rotatable bonds is 6. The molecule has 7 heteroatoms. The Balaban J connectivity index is 1.50. The van der Waals surface area contributed by atoms with Crippen LogP contribution in [0.5, 0.6) is 0 Å². The van der Waals surface area contributed by atoms with Gasteiger partial charge in [0.25, 0.3) is 17.7 Å². The van der Waals surface area contributed by atoms with Gasteiger partial charge in [0.15, 0.2) is 0 Å². The lowest BCUT2D eigenvalue weighted by Gasteiger charge is -2.19. The average Bonchev–Trinajstić information content (AvgIpc) is 3.20. The number of aromatic nitrogens is 1. The Morgan fingerprint density at radius 3 is 1.91 bits per heavy atom. The topological polar surface area (TPSA) is 92.2 Å². The number of para-hydroxylation sites is 1. The van der Waals surface area contributed by atoms with Crippen LogP contribution in [0.25, 0.3) is 5.69 Å². The summed E-state index contributed by atoms with van der Waals surface area (Å²) < 4.78 is 1.98. The van der Waals surface area contributed by atoms with E-state index in [2.05, 4.69) is 16.2 Å². The number of benzene rings is 3. The minimum absolute atomic E-state index is 0.396.